The number of rotatable bonds is 4. The van der Waals surface area contributed by atoms with Gasteiger partial charge in [-0.1, -0.05) is 140 Å². The van der Waals surface area contributed by atoms with Crippen molar-refractivity contribution in [1.82, 2.24) is 4.98 Å². The maximum atomic E-state index is 6.81. The van der Waals surface area contributed by atoms with Crippen LogP contribution < -0.4 is 4.74 Å². The Labute approximate surface area is 307 Å². The second-order valence-electron chi connectivity index (χ2n) is 13.8. The van der Waals surface area contributed by atoms with Crippen molar-refractivity contribution < 1.29 is 4.74 Å². The van der Waals surface area contributed by atoms with Crippen LogP contribution in [0.5, 0.6) is 11.5 Å². The SMILES string of the molecule is c1ccc(-c2cc(-c3c4ccccc4c(-c4ccc5c(c4)Oc4cccc6c(-c7cccnc7)ccc-5c46)c4ccccc34)c3ccccc3c2)cc1. The van der Waals surface area contributed by atoms with E-state index in [0.29, 0.717) is 0 Å². The van der Waals surface area contributed by atoms with Crippen LogP contribution in [0.1, 0.15) is 0 Å². The Hall–Kier alpha value is -7.03. The number of aromatic nitrogens is 1. The minimum absolute atomic E-state index is 0.871. The summed E-state index contributed by atoms with van der Waals surface area (Å²) in [5.41, 5.74) is 11.8. The molecule has 246 valence electrons. The van der Waals surface area contributed by atoms with Gasteiger partial charge in [-0.3, -0.25) is 4.98 Å². The summed E-state index contributed by atoms with van der Waals surface area (Å²) in [6.07, 6.45) is 3.74. The molecule has 0 fully saturated rings. The normalized spacial score (nSPS) is 11.9. The van der Waals surface area contributed by atoms with Crippen molar-refractivity contribution in [3.05, 3.63) is 188 Å². The van der Waals surface area contributed by atoms with E-state index >= 15 is 0 Å². The van der Waals surface area contributed by atoms with E-state index in [1.54, 1.807) is 0 Å². The molecule has 2 heterocycles. The van der Waals surface area contributed by atoms with Gasteiger partial charge in [0, 0.05) is 28.9 Å². The molecule has 1 aliphatic rings. The predicted octanol–water partition coefficient (Wildman–Crippen LogP) is 14.1. The summed E-state index contributed by atoms with van der Waals surface area (Å²) in [6, 6.07) is 63.7. The first kappa shape index (κ1) is 29.7. The highest BCUT2D eigenvalue weighted by atomic mass is 16.5. The van der Waals surface area contributed by atoms with Gasteiger partial charge in [-0.2, -0.15) is 0 Å². The number of fused-ring (bicyclic) bond motifs is 5. The highest BCUT2D eigenvalue weighted by Gasteiger charge is 2.24. The van der Waals surface area contributed by atoms with Crippen LogP contribution in [-0.4, -0.2) is 4.98 Å². The first-order chi connectivity index (χ1) is 26.3. The third-order valence-electron chi connectivity index (χ3n) is 10.9. The predicted molar refractivity (Wildman–Crippen MR) is 222 cm³/mol. The number of hydrogen-bond acceptors (Lipinski definition) is 2. The smallest absolute Gasteiger partial charge is 0.135 e. The van der Waals surface area contributed by atoms with Crippen LogP contribution in [0.2, 0.25) is 0 Å². The van der Waals surface area contributed by atoms with Crippen LogP contribution in [0.3, 0.4) is 0 Å². The number of ether oxygens (including phenoxy) is 1. The lowest BCUT2D eigenvalue weighted by Gasteiger charge is -2.24. The van der Waals surface area contributed by atoms with Gasteiger partial charge >= 0.3 is 0 Å². The minimum Gasteiger partial charge on any atom is -0.456 e. The Morgan fingerprint density at radius 3 is 1.74 bits per heavy atom. The van der Waals surface area contributed by atoms with Crippen molar-refractivity contribution in [2.75, 3.05) is 0 Å². The van der Waals surface area contributed by atoms with Crippen LogP contribution in [0.15, 0.2) is 188 Å². The lowest BCUT2D eigenvalue weighted by atomic mass is 9.83. The van der Waals surface area contributed by atoms with E-state index < -0.39 is 0 Å². The molecule has 0 spiro atoms. The molecule has 1 aliphatic heterocycles. The van der Waals surface area contributed by atoms with Crippen molar-refractivity contribution in [2.45, 2.75) is 0 Å². The molecule has 2 heteroatoms. The lowest BCUT2D eigenvalue weighted by Crippen LogP contribution is -1.99. The zero-order valence-electron chi connectivity index (χ0n) is 28.8. The third kappa shape index (κ3) is 4.63. The van der Waals surface area contributed by atoms with Crippen LogP contribution >= 0.6 is 0 Å². The summed E-state index contributed by atoms with van der Waals surface area (Å²) >= 11 is 0. The van der Waals surface area contributed by atoms with E-state index in [4.69, 9.17) is 4.74 Å². The first-order valence-electron chi connectivity index (χ1n) is 18.1. The van der Waals surface area contributed by atoms with Crippen molar-refractivity contribution in [3.8, 4) is 67.1 Å². The van der Waals surface area contributed by atoms with Crippen molar-refractivity contribution in [3.63, 3.8) is 0 Å². The fraction of sp³-hybridized carbons (Fsp3) is 0. The summed E-state index contributed by atoms with van der Waals surface area (Å²) in [5.74, 6) is 1.75. The van der Waals surface area contributed by atoms with Gasteiger partial charge in [0.1, 0.15) is 11.5 Å². The second kappa shape index (κ2) is 11.8. The molecular formula is C51H31NO. The number of benzene rings is 9. The second-order valence-corrected chi connectivity index (χ2v) is 13.8. The minimum atomic E-state index is 0.871. The molecule has 0 saturated carbocycles. The molecule has 2 nitrogen and oxygen atoms in total. The van der Waals surface area contributed by atoms with Gasteiger partial charge < -0.3 is 4.74 Å². The summed E-state index contributed by atoms with van der Waals surface area (Å²) < 4.78 is 6.81. The first-order valence-corrected chi connectivity index (χ1v) is 18.1. The molecule has 0 saturated heterocycles. The fourth-order valence-corrected chi connectivity index (χ4v) is 8.60. The standard InChI is InChI=1S/C51H31NO/c1-2-12-32(13-3-1)36-28-33-14-4-5-16-37(33)46(29-36)50-43-19-8-6-17-41(43)49(42-18-7-9-20-44(42)50)34-23-24-39-45-26-25-38(35-15-11-27-52-31-35)40-21-10-22-47(51(40)45)53-48(39)30-34/h1-31H. The van der Waals surface area contributed by atoms with E-state index in [2.05, 4.69) is 175 Å². The van der Waals surface area contributed by atoms with Crippen LogP contribution in [0.4, 0.5) is 0 Å². The maximum Gasteiger partial charge on any atom is 0.135 e. The summed E-state index contributed by atoms with van der Waals surface area (Å²) in [7, 11) is 0. The average Bonchev–Trinajstić information content (AvgIpc) is 3.23. The van der Waals surface area contributed by atoms with E-state index in [9.17, 15) is 0 Å². The van der Waals surface area contributed by atoms with Gasteiger partial charge in [-0.05, 0) is 119 Å². The summed E-state index contributed by atoms with van der Waals surface area (Å²) in [6.45, 7) is 0. The van der Waals surface area contributed by atoms with E-state index in [1.165, 1.54) is 71.1 Å². The molecule has 0 radical (unpaired) electrons. The molecular weight excluding hydrogens is 643 g/mol. The van der Waals surface area contributed by atoms with Crippen molar-refractivity contribution in [2.24, 2.45) is 0 Å². The average molecular weight is 674 g/mol. The zero-order valence-corrected chi connectivity index (χ0v) is 28.8. The number of pyridine rings is 1. The summed E-state index contributed by atoms with van der Waals surface area (Å²) in [4.78, 5) is 4.39. The van der Waals surface area contributed by atoms with E-state index in [1.807, 2.05) is 18.5 Å². The van der Waals surface area contributed by atoms with Gasteiger partial charge in [0.25, 0.3) is 0 Å². The zero-order chi connectivity index (χ0) is 34.9. The Morgan fingerprint density at radius 1 is 0.340 bits per heavy atom. The molecule has 0 atom stereocenters. The van der Waals surface area contributed by atoms with E-state index in [-0.39, 0.29) is 0 Å². The quantitative estimate of drug-likeness (QED) is 0.174. The highest BCUT2D eigenvalue weighted by molar-refractivity contribution is 6.24. The molecule has 9 aromatic carbocycles. The Morgan fingerprint density at radius 2 is 0.981 bits per heavy atom. The fourth-order valence-electron chi connectivity index (χ4n) is 8.60. The van der Waals surface area contributed by atoms with E-state index in [0.717, 1.165) is 39.1 Å². The Bertz CT molecular complexity index is 3020. The van der Waals surface area contributed by atoms with Crippen LogP contribution in [-0.2, 0) is 0 Å². The monoisotopic (exact) mass is 673 g/mol. The molecule has 0 amide bonds. The topological polar surface area (TPSA) is 22.1 Å². The molecule has 0 aliphatic carbocycles. The van der Waals surface area contributed by atoms with Gasteiger partial charge in [0.15, 0.2) is 0 Å². The Kier molecular flexibility index (Phi) is 6.59. The van der Waals surface area contributed by atoms with Crippen molar-refractivity contribution >= 4 is 43.1 Å². The number of hydrogen-bond donors (Lipinski definition) is 0. The molecule has 0 N–H and O–H groups in total. The largest absolute Gasteiger partial charge is 0.456 e. The lowest BCUT2D eigenvalue weighted by molar-refractivity contribution is 0.487. The molecule has 53 heavy (non-hydrogen) atoms. The van der Waals surface area contributed by atoms with Crippen molar-refractivity contribution in [1.29, 1.82) is 0 Å². The Balaban J connectivity index is 1.14. The van der Waals surface area contributed by atoms with Gasteiger partial charge in [-0.15, -0.1) is 0 Å². The molecule has 10 aromatic rings. The number of nitrogens with zero attached hydrogens (tertiary/aromatic N) is 1. The summed E-state index contributed by atoms with van der Waals surface area (Å²) in [5, 5.41) is 9.68. The third-order valence-corrected chi connectivity index (χ3v) is 10.9. The van der Waals surface area contributed by atoms with Crippen LogP contribution in [0, 0.1) is 0 Å². The molecule has 11 rings (SSSR count). The molecule has 1 aromatic heterocycles. The van der Waals surface area contributed by atoms with Crippen LogP contribution in [0.25, 0.3) is 98.7 Å². The van der Waals surface area contributed by atoms with Gasteiger partial charge in [-0.25, -0.2) is 0 Å². The van der Waals surface area contributed by atoms with Gasteiger partial charge in [0.2, 0.25) is 0 Å². The molecule has 0 unspecified atom stereocenters. The van der Waals surface area contributed by atoms with Gasteiger partial charge in [0.05, 0.1) is 0 Å². The molecule has 0 bridgehead atoms. The maximum absolute atomic E-state index is 6.81. The highest BCUT2D eigenvalue weighted by Crippen LogP contribution is 2.51.